The van der Waals surface area contributed by atoms with E-state index in [1.807, 2.05) is 11.7 Å². The van der Waals surface area contributed by atoms with Crippen LogP contribution in [-0.4, -0.2) is 41.4 Å². The van der Waals surface area contributed by atoms with Crippen LogP contribution in [0.5, 0.6) is 0 Å². The van der Waals surface area contributed by atoms with Gasteiger partial charge in [-0.25, -0.2) is 0 Å². The topological polar surface area (TPSA) is 33.1 Å². The molecule has 0 aliphatic heterocycles. The third-order valence-electron chi connectivity index (χ3n) is 3.02. The van der Waals surface area contributed by atoms with Crippen LogP contribution in [0.15, 0.2) is 6.07 Å². The summed E-state index contributed by atoms with van der Waals surface area (Å²) in [6.45, 7) is 6.24. The fraction of sp³-hybridized carbons (Fsp3) is 0.750. The summed E-state index contributed by atoms with van der Waals surface area (Å²) in [5, 5.41) is 7.89. The summed E-state index contributed by atoms with van der Waals surface area (Å²) in [5.74, 6) is 0. The average molecular weight is 224 g/mol. The van der Waals surface area contributed by atoms with Gasteiger partial charge in [0.25, 0.3) is 0 Å². The van der Waals surface area contributed by atoms with Gasteiger partial charge in [-0.05, 0) is 33.5 Å². The van der Waals surface area contributed by atoms with E-state index in [0.29, 0.717) is 6.04 Å². The first-order chi connectivity index (χ1) is 7.54. The normalized spacial score (nSPS) is 13.4. The van der Waals surface area contributed by atoms with Crippen LogP contribution < -0.4 is 5.32 Å². The monoisotopic (exact) mass is 224 g/mol. The maximum atomic E-state index is 4.43. The number of nitrogens with one attached hydrogen (secondary N) is 1. The number of likely N-dealkylation sites (N-methyl/N-ethyl adjacent to an activating group) is 1. The van der Waals surface area contributed by atoms with E-state index >= 15 is 0 Å². The van der Waals surface area contributed by atoms with Crippen molar-refractivity contribution in [3.05, 3.63) is 17.5 Å². The average Bonchev–Trinajstić information content (AvgIpc) is 2.59. The van der Waals surface area contributed by atoms with Crippen LogP contribution in [0.25, 0.3) is 0 Å². The van der Waals surface area contributed by atoms with Crippen LogP contribution in [0.2, 0.25) is 0 Å². The van der Waals surface area contributed by atoms with Crippen molar-refractivity contribution in [2.45, 2.75) is 32.9 Å². The molecule has 1 aromatic rings. The van der Waals surface area contributed by atoms with Crippen molar-refractivity contribution in [1.82, 2.24) is 20.0 Å². The van der Waals surface area contributed by atoms with E-state index in [4.69, 9.17) is 0 Å². The maximum absolute atomic E-state index is 4.43. The van der Waals surface area contributed by atoms with Gasteiger partial charge in [0, 0.05) is 26.2 Å². The second kappa shape index (κ2) is 6.01. The largest absolute Gasteiger partial charge is 0.310 e. The summed E-state index contributed by atoms with van der Waals surface area (Å²) in [6.07, 6.45) is 1.00. The third-order valence-corrected chi connectivity index (χ3v) is 3.02. The Bertz CT molecular complexity index is 317. The number of aryl methyl sites for hydroxylation is 2. The molecule has 16 heavy (non-hydrogen) atoms. The van der Waals surface area contributed by atoms with Gasteiger partial charge in [0.2, 0.25) is 0 Å². The second-order valence-electron chi connectivity index (χ2n) is 4.55. The highest BCUT2D eigenvalue weighted by molar-refractivity contribution is 5.09. The van der Waals surface area contributed by atoms with Crippen LogP contribution in [0, 0.1) is 0 Å². The summed E-state index contributed by atoms with van der Waals surface area (Å²) in [7, 11) is 6.21. The standard InChI is InChI=1S/C12H24N4/c1-6-11-7-12(16(5)14-11)9-13-8-10(2)15(3)4/h7,10,13H,6,8-9H2,1-5H3. The minimum atomic E-state index is 0.555. The molecule has 0 saturated heterocycles. The zero-order chi connectivity index (χ0) is 12.1. The molecule has 0 fully saturated rings. The molecular weight excluding hydrogens is 200 g/mol. The lowest BCUT2D eigenvalue weighted by molar-refractivity contribution is 0.302. The molecule has 1 aromatic heterocycles. The van der Waals surface area contributed by atoms with Crippen LogP contribution in [0.3, 0.4) is 0 Å². The highest BCUT2D eigenvalue weighted by atomic mass is 15.3. The van der Waals surface area contributed by atoms with Gasteiger partial charge in [0.15, 0.2) is 0 Å². The summed E-state index contributed by atoms with van der Waals surface area (Å²) >= 11 is 0. The first-order valence-corrected chi connectivity index (χ1v) is 5.93. The molecule has 0 radical (unpaired) electrons. The highest BCUT2D eigenvalue weighted by Gasteiger charge is 2.06. The Morgan fingerprint density at radius 2 is 2.19 bits per heavy atom. The van der Waals surface area contributed by atoms with Crippen molar-refractivity contribution in [2.24, 2.45) is 7.05 Å². The van der Waals surface area contributed by atoms with Crippen LogP contribution in [-0.2, 0) is 20.0 Å². The number of aromatic nitrogens is 2. The van der Waals surface area contributed by atoms with Gasteiger partial charge in [0.05, 0.1) is 11.4 Å². The molecule has 1 heterocycles. The van der Waals surface area contributed by atoms with Gasteiger partial charge in [-0.1, -0.05) is 6.92 Å². The number of hydrogen-bond acceptors (Lipinski definition) is 3. The Labute approximate surface area is 98.6 Å². The Morgan fingerprint density at radius 3 is 2.69 bits per heavy atom. The summed E-state index contributed by atoms with van der Waals surface area (Å²) in [4.78, 5) is 2.22. The molecule has 1 atom stereocenters. The highest BCUT2D eigenvalue weighted by Crippen LogP contribution is 2.03. The molecule has 0 saturated carbocycles. The fourth-order valence-corrected chi connectivity index (χ4v) is 1.50. The first kappa shape index (κ1) is 13.2. The van der Waals surface area contributed by atoms with E-state index in [1.165, 1.54) is 11.4 Å². The van der Waals surface area contributed by atoms with Crippen molar-refractivity contribution in [3.63, 3.8) is 0 Å². The molecule has 0 spiro atoms. The SMILES string of the molecule is CCc1cc(CNCC(C)N(C)C)n(C)n1. The molecule has 4 nitrogen and oxygen atoms in total. The summed E-state index contributed by atoms with van der Waals surface area (Å²) in [6, 6.07) is 2.73. The fourth-order valence-electron chi connectivity index (χ4n) is 1.50. The van der Waals surface area contributed by atoms with E-state index < -0.39 is 0 Å². The lowest BCUT2D eigenvalue weighted by Crippen LogP contribution is -2.35. The lowest BCUT2D eigenvalue weighted by Gasteiger charge is -2.19. The molecule has 0 aliphatic carbocycles. The molecule has 0 bridgehead atoms. The lowest BCUT2D eigenvalue weighted by atomic mass is 10.3. The third kappa shape index (κ3) is 3.61. The maximum Gasteiger partial charge on any atom is 0.0625 e. The van der Waals surface area contributed by atoms with E-state index in [1.54, 1.807) is 0 Å². The van der Waals surface area contributed by atoms with Crippen LogP contribution >= 0.6 is 0 Å². The quantitative estimate of drug-likeness (QED) is 0.783. The van der Waals surface area contributed by atoms with Crippen LogP contribution in [0.4, 0.5) is 0 Å². The van der Waals surface area contributed by atoms with Crippen molar-refractivity contribution >= 4 is 0 Å². The number of hydrogen-bond donors (Lipinski definition) is 1. The molecular formula is C12H24N4. The zero-order valence-corrected chi connectivity index (χ0v) is 11.1. The predicted molar refractivity (Wildman–Crippen MR) is 67.4 cm³/mol. The number of rotatable bonds is 6. The molecule has 1 unspecified atom stereocenters. The van der Waals surface area contributed by atoms with Gasteiger partial charge >= 0.3 is 0 Å². The van der Waals surface area contributed by atoms with Crippen molar-refractivity contribution in [2.75, 3.05) is 20.6 Å². The second-order valence-corrected chi connectivity index (χ2v) is 4.55. The molecule has 1 rings (SSSR count). The first-order valence-electron chi connectivity index (χ1n) is 5.93. The number of nitrogens with zero attached hydrogens (tertiary/aromatic N) is 3. The Hall–Kier alpha value is -0.870. The van der Waals surface area contributed by atoms with Crippen molar-refractivity contribution < 1.29 is 0 Å². The molecule has 0 aliphatic rings. The predicted octanol–water partition coefficient (Wildman–Crippen LogP) is 1.02. The zero-order valence-electron chi connectivity index (χ0n) is 11.1. The van der Waals surface area contributed by atoms with Gasteiger partial charge < -0.3 is 10.2 Å². The van der Waals surface area contributed by atoms with Gasteiger partial charge in [-0.2, -0.15) is 5.10 Å². The summed E-state index contributed by atoms with van der Waals surface area (Å²) in [5.41, 5.74) is 2.42. The van der Waals surface area contributed by atoms with Crippen LogP contribution in [0.1, 0.15) is 25.2 Å². The summed E-state index contributed by atoms with van der Waals surface area (Å²) < 4.78 is 1.96. The molecule has 1 N–H and O–H groups in total. The van der Waals surface area contributed by atoms with E-state index in [0.717, 1.165) is 19.5 Å². The minimum Gasteiger partial charge on any atom is -0.310 e. The van der Waals surface area contributed by atoms with Gasteiger partial charge in [0.1, 0.15) is 0 Å². The Balaban J connectivity index is 2.39. The molecule has 0 aromatic carbocycles. The molecule has 92 valence electrons. The van der Waals surface area contributed by atoms with Gasteiger partial charge in [-0.3, -0.25) is 4.68 Å². The minimum absolute atomic E-state index is 0.555. The van der Waals surface area contributed by atoms with Crippen molar-refractivity contribution in [1.29, 1.82) is 0 Å². The van der Waals surface area contributed by atoms with Crippen molar-refractivity contribution in [3.8, 4) is 0 Å². The smallest absolute Gasteiger partial charge is 0.0625 e. The van der Waals surface area contributed by atoms with Gasteiger partial charge in [-0.15, -0.1) is 0 Å². The van der Waals surface area contributed by atoms with E-state index in [2.05, 4.69) is 49.3 Å². The van der Waals surface area contributed by atoms with E-state index in [-0.39, 0.29) is 0 Å². The van der Waals surface area contributed by atoms with E-state index in [9.17, 15) is 0 Å². The Morgan fingerprint density at radius 1 is 1.50 bits per heavy atom. The molecule has 0 amide bonds. The Kier molecular flexibility index (Phi) is 4.96. The molecule has 4 heteroatoms.